The zero-order valence-corrected chi connectivity index (χ0v) is 19.7. The van der Waals surface area contributed by atoms with Crippen LogP contribution in [0, 0.1) is 5.41 Å². The number of rotatable bonds is 6. The SMILES string of the molecule is CN=C(NCc1coc(-c2cccs2)n1)NCC1(C(=O)N(C)C)CCCC1.I. The number of oxazole rings is 1. The Labute approximate surface area is 187 Å². The van der Waals surface area contributed by atoms with Gasteiger partial charge in [-0.15, -0.1) is 35.3 Å². The lowest BCUT2D eigenvalue weighted by atomic mass is 9.84. The van der Waals surface area contributed by atoms with E-state index in [1.807, 2.05) is 31.6 Å². The van der Waals surface area contributed by atoms with E-state index in [9.17, 15) is 4.79 Å². The number of thiophene rings is 1. The molecule has 0 saturated heterocycles. The molecule has 7 nitrogen and oxygen atoms in total. The Morgan fingerprint density at radius 1 is 1.36 bits per heavy atom. The van der Waals surface area contributed by atoms with Crippen LogP contribution in [0.25, 0.3) is 10.8 Å². The predicted molar refractivity (Wildman–Crippen MR) is 123 cm³/mol. The summed E-state index contributed by atoms with van der Waals surface area (Å²) in [5, 5.41) is 8.57. The Kier molecular flexibility index (Phi) is 8.29. The molecule has 1 saturated carbocycles. The fourth-order valence-electron chi connectivity index (χ4n) is 3.54. The topological polar surface area (TPSA) is 82.8 Å². The smallest absolute Gasteiger partial charge is 0.236 e. The molecule has 1 aliphatic rings. The maximum atomic E-state index is 12.7. The summed E-state index contributed by atoms with van der Waals surface area (Å²) in [6, 6.07) is 3.96. The van der Waals surface area contributed by atoms with Gasteiger partial charge in [-0.25, -0.2) is 4.98 Å². The fraction of sp³-hybridized carbons (Fsp3) is 0.526. The maximum absolute atomic E-state index is 12.7. The van der Waals surface area contributed by atoms with Crippen LogP contribution in [-0.2, 0) is 11.3 Å². The number of nitrogens with zero attached hydrogens (tertiary/aromatic N) is 3. The van der Waals surface area contributed by atoms with E-state index in [0.29, 0.717) is 24.9 Å². The number of halogens is 1. The van der Waals surface area contributed by atoms with Crippen LogP contribution < -0.4 is 10.6 Å². The maximum Gasteiger partial charge on any atom is 0.236 e. The molecule has 0 spiro atoms. The van der Waals surface area contributed by atoms with Crippen molar-refractivity contribution in [2.75, 3.05) is 27.7 Å². The number of guanidine groups is 1. The third kappa shape index (κ3) is 5.25. The van der Waals surface area contributed by atoms with Crippen molar-refractivity contribution in [3.8, 4) is 10.8 Å². The quantitative estimate of drug-likeness (QED) is 0.349. The van der Waals surface area contributed by atoms with Crippen molar-refractivity contribution in [2.45, 2.75) is 32.2 Å². The van der Waals surface area contributed by atoms with Crippen molar-refractivity contribution in [1.29, 1.82) is 0 Å². The zero-order chi connectivity index (χ0) is 19.3. The van der Waals surface area contributed by atoms with Crippen molar-refractivity contribution < 1.29 is 9.21 Å². The highest BCUT2D eigenvalue weighted by molar-refractivity contribution is 14.0. The normalized spacial score (nSPS) is 15.8. The number of aliphatic imine (C=N–C) groups is 1. The van der Waals surface area contributed by atoms with Crippen LogP contribution >= 0.6 is 35.3 Å². The summed E-state index contributed by atoms with van der Waals surface area (Å²) >= 11 is 1.60. The number of carbonyl (C=O) groups is 1. The van der Waals surface area contributed by atoms with Crippen molar-refractivity contribution in [1.82, 2.24) is 20.5 Å². The van der Waals surface area contributed by atoms with E-state index in [1.54, 1.807) is 29.5 Å². The molecule has 1 amide bonds. The number of hydrogen-bond acceptors (Lipinski definition) is 5. The second kappa shape index (κ2) is 10.2. The number of hydrogen-bond donors (Lipinski definition) is 2. The summed E-state index contributed by atoms with van der Waals surface area (Å²) in [6.07, 6.45) is 5.68. The minimum atomic E-state index is -0.332. The average molecular weight is 517 g/mol. The second-order valence-corrected chi connectivity index (χ2v) is 8.04. The summed E-state index contributed by atoms with van der Waals surface area (Å²) in [5.74, 6) is 1.49. The first-order valence-corrected chi connectivity index (χ1v) is 10.1. The van der Waals surface area contributed by atoms with Crippen LogP contribution in [0.5, 0.6) is 0 Å². The van der Waals surface area contributed by atoms with E-state index in [0.717, 1.165) is 36.3 Å². The molecule has 2 aromatic rings. The van der Waals surface area contributed by atoms with Gasteiger partial charge >= 0.3 is 0 Å². The van der Waals surface area contributed by atoms with Crippen LogP contribution in [0.15, 0.2) is 33.2 Å². The van der Waals surface area contributed by atoms with Gasteiger partial charge in [0.25, 0.3) is 0 Å². The van der Waals surface area contributed by atoms with E-state index in [1.165, 1.54) is 0 Å². The first kappa shape index (κ1) is 22.7. The van der Waals surface area contributed by atoms with Gasteiger partial charge in [0.1, 0.15) is 6.26 Å². The first-order valence-electron chi connectivity index (χ1n) is 9.19. The van der Waals surface area contributed by atoms with E-state index >= 15 is 0 Å². The minimum absolute atomic E-state index is 0. The van der Waals surface area contributed by atoms with Crippen LogP contribution in [0.1, 0.15) is 31.4 Å². The highest BCUT2D eigenvalue weighted by Gasteiger charge is 2.42. The summed E-state index contributed by atoms with van der Waals surface area (Å²) in [5.41, 5.74) is 0.475. The van der Waals surface area contributed by atoms with Crippen LogP contribution in [0.4, 0.5) is 0 Å². The van der Waals surface area contributed by atoms with Gasteiger partial charge in [0, 0.05) is 27.7 Å². The molecule has 2 aromatic heterocycles. The number of nitrogens with one attached hydrogen (secondary N) is 2. The number of amides is 1. The van der Waals surface area contributed by atoms with E-state index in [2.05, 4.69) is 20.6 Å². The molecule has 1 aliphatic carbocycles. The highest BCUT2D eigenvalue weighted by atomic mass is 127. The first-order chi connectivity index (χ1) is 13.0. The lowest BCUT2D eigenvalue weighted by molar-refractivity contribution is -0.138. The van der Waals surface area contributed by atoms with Gasteiger partial charge in [-0.3, -0.25) is 9.79 Å². The Balaban J connectivity index is 0.00000280. The highest BCUT2D eigenvalue weighted by Crippen LogP contribution is 2.38. The van der Waals surface area contributed by atoms with Crippen molar-refractivity contribution >= 4 is 47.2 Å². The van der Waals surface area contributed by atoms with E-state index in [-0.39, 0.29) is 35.3 Å². The molecule has 3 rings (SSSR count). The van der Waals surface area contributed by atoms with Gasteiger partial charge in [-0.05, 0) is 24.3 Å². The molecule has 2 heterocycles. The molecule has 0 bridgehead atoms. The van der Waals surface area contributed by atoms with Crippen LogP contribution in [-0.4, -0.2) is 49.4 Å². The third-order valence-electron chi connectivity index (χ3n) is 4.96. The van der Waals surface area contributed by atoms with E-state index < -0.39 is 0 Å². The van der Waals surface area contributed by atoms with Gasteiger partial charge in [0.15, 0.2) is 5.96 Å². The third-order valence-corrected chi connectivity index (χ3v) is 5.82. The molecule has 154 valence electrons. The summed E-state index contributed by atoms with van der Waals surface area (Å²) in [7, 11) is 5.38. The van der Waals surface area contributed by atoms with E-state index in [4.69, 9.17) is 4.42 Å². The van der Waals surface area contributed by atoms with Crippen molar-refractivity contribution in [3.05, 3.63) is 29.5 Å². The van der Waals surface area contributed by atoms with Gasteiger partial charge < -0.3 is 20.0 Å². The van der Waals surface area contributed by atoms with Crippen LogP contribution in [0.2, 0.25) is 0 Å². The fourth-order valence-corrected chi connectivity index (χ4v) is 4.20. The number of aromatic nitrogens is 1. The Bertz CT molecular complexity index is 782. The van der Waals surface area contributed by atoms with Gasteiger partial charge in [-0.2, -0.15) is 0 Å². The molecule has 1 fully saturated rings. The lowest BCUT2D eigenvalue weighted by Crippen LogP contribution is -2.49. The second-order valence-electron chi connectivity index (χ2n) is 7.09. The summed E-state index contributed by atoms with van der Waals surface area (Å²) in [4.78, 5) is 24.1. The number of carbonyl (C=O) groups excluding carboxylic acids is 1. The molecule has 9 heteroatoms. The standard InChI is InChI=1S/C19H27N5O2S.HI/c1-20-18(22-13-19(8-4-5-9-19)17(25)24(2)3)21-11-14-12-26-16(23-14)15-7-6-10-27-15;/h6-7,10,12H,4-5,8-9,11,13H2,1-3H3,(H2,20,21,22);1H. The molecule has 2 N–H and O–H groups in total. The predicted octanol–water partition coefficient (Wildman–Crippen LogP) is 3.33. The molecular weight excluding hydrogens is 489 g/mol. The summed E-state index contributed by atoms with van der Waals surface area (Å²) in [6.45, 7) is 1.09. The Morgan fingerprint density at radius 3 is 2.71 bits per heavy atom. The Hall–Kier alpha value is -1.62. The van der Waals surface area contributed by atoms with Crippen molar-refractivity contribution in [3.63, 3.8) is 0 Å². The van der Waals surface area contributed by atoms with Gasteiger partial charge in [0.05, 0.1) is 22.5 Å². The van der Waals surface area contributed by atoms with Gasteiger partial charge in [0.2, 0.25) is 11.8 Å². The molecule has 28 heavy (non-hydrogen) atoms. The molecule has 0 aliphatic heterocycles. The zero-order valence-electron chi connectivity index (χ0n) is 16.5. The molecule has 0 atom stereocenters. The lowest BCUT2D eigenvalue weighted by Gasteiger charge is -2.31. The Morgan fingerprint density at radius 2 is 2.11 bits per heavy atom. The van der Waals surface area contributed by atoms with Crippen LogP contribution in [0.3, 0.4) is 0 Å². The molecule has 0 aromatic carbocycles. The van der Waals surface area contributed by atoms with Crippen molar-refractivity contribution in [2.24, 2.45) is 10.4 Å². The summed E-state index contributed by atoms with van der Waals surface area (Å²) < 4.78 is 5.54. The molecule has 0 radical (unpaired) electrons. The van der Waals surface area contributed by atoms with Gasteiger partial charge in [-0.1, -0.05) is 18.9 Å². The molecule has 0 unspecified atom stereocenters. The molecular formula is C19H28IN5O2S. The monoisotopic (exact) mass is 517 g/mol. The minimum Gasteiger partial charge on any atom is -0.443 e. The average Bonchev–Trinajstić information content (AvgIpc) is 3.42. The largest absolute Gasteiger partial charge is 0.443 e.